The Hall–Kier alpha value is -3.92. The number of methoxy groups -OCH3 is 1. The lowest BCUT2D eigenvalue weighted by Crippen LogP contribution is -2.31. The van der Waals surface area contributed by atoms with E-state index in [1.807, 2.05) is 24.0 Å². The Morgan fingerprint density at radius 2 is 2.06 bits per heavy atom. The minimum absolute atomic E-state index is 0.0735. The van der Waals surface area contributed by atoms with Gasteiger partial charge in [-0.25, -0.2) is 0 Å². The van der Waals surface area contributed by atoms with Crippen LogP contribution in [0, 0.1) is 10.1 Å². The second-order valence-corrected chi connectivity index (χ2v) is 8.20. The quantitative estimate of drug-likeness (QED) is 0.419. The lowest BCUT2D eigenvalue weighted by atomic mass is 10.1. The van der Waals surface area contributed by atoms with Crippen molar-refractivity contribution in [3.8, 4) is 22.7 Å². The highest BCUT2D eigenvalue weighted by atomic mass is 16.6. The van der Waals surface area contributed by atoms with Crippen LogP contribution in [0.4, 0.5) is 17.1 Å². The molecule has 10 heteroatoms. The number of benzene rings is 2. The molecule has 0 saturated carbocycles. The van der Waals surface area contributed by atoms with Gasteiger partial charge in [0, 0.05) is 44.0 Å². The van der Waals surface area contributed by atoms with Crippen LogP contribution < -0.4 is 20.1 Å². The number of ether oxygens (including phenoxy) is 1. The van der Waals surface area contributed by atoms with Gasteiger partial charge in [-0.05, 0) is 43.7 Å². The number of hydrogen-bond donors (Lipinski definition) is 1. The number of nitrogens with zero attached hydrogens (tertiary/aromatic N) is 5. The van der Waals surface area contributed by atoms with Crippen LogP contribution in [0.1, 0.15) is 13.3 Å². The fourth-order valence-corrected chi connectivity index (χ4v) is 4.02. The Labute approximate surface area is 196 Å². The average molecular weight is 466 g/mol. The number of hydrogen-bond acceptors (Lipinski definition) is 8. The first kappa shape index (κ1) is 23.2. The Kier molecular flexibility index (Phi) is 6.51. The van der Waals surface area contributed by atoms with Crippen molar-refractivity contribution in [2.75, 3.05) is 43.6 Å². The van der Waals surface area contributed by atoms with Crippen LogP contribution in [0.25, 0.3) is 16.9 Å². The molecule has 1 aliphatic rings. The highest BCUT2D eigenvalue weighted by molar-refractivity contribution is 5.68. The van der Waals surface area contributed by atoms with Crippen LogP contribution >= 0.6 is 0 Å². The first-order chi connectivity index (χ1) is 16.3. The van der Waals surface area contributed by atoms with E-state index in [1.54, 1.807) is 49.4 Å². The highest BCUT2D eigenvalue weighted by Crippen LogP contribution is 2.31. The number of aromatic nitrogens is 2. The lowest BCUT2D eigenvalue weighted by molar-refractivity contribution is -0.384. The number of nitro groups is 1. The van der Waals surface area contributed by atoms with Gasteiger partial charge in [-0.3, -0.25) is 14.9 Å². The Morgan fingerprint density at radius 1 is 1.26 bits per heavy atom. The number of rotatable bonds is 7. The van der Waals surface area contributed by atoms with Crippen LogP contribution in [-0.4, -0.2) is 59.7 Å². The zero-order valence-corrected chi connectivity index (χ0v) is 19.3. The van der Waals surface area contributed by atoms with Crippen molar-refractivity contribution < 1.29 is 14.8 Å². The molecule has 0 aliphatic carbocycles. The van der Waals surface area contributed by atoms with Gasteiger partial charge in [-0.2, -0.15) is 9.78 Å². The normalized spacial score (nSPS) is 15.4. The first-order valence-corrected chi connectivity index (χ1v) is 11.0. The Bertz CT molecular complexity index is 1270. The summed E-state index contributed by atoms with van der Waals surface area (Å²) >= 11 is 0. The van der Waals surface area contributed by atoms with Gasteiger partial charge in [0.25, 0.3) is 11.2 Å². The predicted octanol–water partition coefficient (Wildman–Crippen LogP) is 2.84. The molecule has 1 atom stereocenters. The predicted molar refractivity (Wildman–Crippen MR) is 130 cm³/mol. The molecule has 1 aliphatic heterocycles. The minimum atomic E-state index is -0.520. The highest BCUT2D eigenvalue weighted by Gasteiger charge is 2.25. The van der Waals surface area contributed by atoms with Gasteiger partial charge in [-0.15, -0.1) is 0 Å². The fraction of sp³-hybridized carbons (Fsp3) is 0.333. The number of anilines is 2. The molecular formula is C24H27N5O5. The van der Waals surface area contributed by atoms with Crippen molar-refractivity contribution in [2.24, 2.45) is 0 Å². The molecule has 2 aromatic carbocycles. The van der Waals surface area contributed by atoms with E-state index in [9.17, 15) is 20.0 Å². The summed E-state index contributed by atoms with van der Waals surface area (Å²) in [5.74, 6) is 0.628. The largest absolute Gasteiger partial charge is 0.497 e. The second kappa shape index (κ2) is 9.52. The lowest BCUT2D eigenvalue weighted by Gasteiger charge is -2.21. The Morgan fingerprint density at radius 3 is 2.71 bits per heavy atom. The number of β-amino-alcohol motifs (C(OH)–C–C–N with tert-alkyl or cyclic N) is 1. The summed E-state index contributed by atoms with van der Waals surface area (Å²) in [6, 6.07) is 13.5. The molecule has 1 fully saturated rings. The van der Waals surface area contributed by atoms with Crippen molar-refractivity contribution in [3.63, 3.8) is 0 Å². The van der Waals surface area contributed by atoms with E-state index in [1.165, 1.54) is 6.07 Å². The molecule has 0 spiro atoms. The molecule has 2 heterocycles. The molecule has 1 saturated heterocycles. The molecule has 0 radical (unpaired) electrons. The van der Waals surface area contributed by atoms with Gasteiger partial charge in [-0.1, -0.05) is 12.1 Å². The van der Waals surface area contributed by atoms with Crippen molar-refractivity contribution in [2.45, 2.75) is 19.4 Å². The third kappa shape index (κ3) is 4.44. The van der Waals surface area contributed by atoms with Crippen molar-refractivity contribution in [3.05, 3.63) is 69.0 Å². The average Bonchev–Trinajstić information content (AvgIpc) is 3.29. The monoisotopic (exact) mass is 465 g/mol. The summed E-state index contributed by atoms with van der Waals surface area (Å²) in [6.45, 7) is 3.52. The van der Waals surface area contributed by atoms with Crippen molar-refractivity contribution in [1.29, 1.82) is 0 Å². The molecule has 0 amide bonds. The first-order valence-electron chi connectivity index (χ1n) is 11.0. The van der Waals surface area contributed by atoms with Crippen molar-refractivity contribution in [1.82, 2.24) is 9.78 Å². The molecule has 1 aromatic heterocycles. The van der Waals surface area contributed by atoms with Crippen LogP contribution in [0.5, 0.6) is 5.75 Å². The van der Waals surface area contributed by atoms with Gasteiger partial charge in [0.05, 0.1) is 23.8 Å². The SMILES string of the molecule is CCN(C)c1cc(-c2cccc(OC)c2)nn(-c2cc(N3CCC(O)C3)ccc2[N+](=O)[O-])c1=O. The topological polar surface area (TPSA) is 114 Å². The Balaban J connectivity index is 1.95. The van der Waals surface area contributed by atoms with E-state index >= 15 is 0 Å². The summed E-state index contributed by atoms with van der Waals surface area (Å²) in [6.07, 6.45) is 0.155. The van der Waals surface area contributed by atoms with E-state index in [4.69, 9.17) is 4.74 Å². The molecule has 3 aromatic rings. The summed E-state index contributed by atoms with van der Waals surface area (Å²) in [5.41, 5.74) is 1.62. The molecule has 10 nitrogen and oxygen atoms in total. The standard InChI is InChI=1S/C24H27N5O5/c1-4-26(2)23-14-20(16-6-5-7-19(12-16)34-3)25-28(24(23)31)22-13-17(8-9-21(22)29(32)33)27-11-10-18(30)15-27/h5-9,12-14,18,30H,4,10-11,15H2,1-3H3. The summed E-state index contributed by atoms with van der Waals surface area (Å²) in [7, 11) is 3.35. The number of nitro benzene ring substituents is 1. The molecule has 4 rings (SSSR count). The third-order valence-electron chi connectivity index (χ3n) is 6.06. The summed E-state index contributed by atoms with van der Waals surface area (Å²) in [4.78, 5) is 28.6. The zero-order chi connectivity index (χ0) is 24.4. The maximum absolute atomic E-state index is 13.5. The van der Waals surface area contributed by atoms with E-state index in [-0.39, 0.29) is 11.4 Å². The van der Waals surface area contributed by atoms with E-state index in [2.05, 4.69) is 5.10 Å². The molecule has 1 unspecified atom stereocenters. The van der Waals surface area contributed by atoms with E-state index in [0.717, 1.165) is 4.68 Å². The number of aliphatic hydroxyl groups is 1. The minimum Gasteiger partial charge on any atom is -0.497 e. The van der Waals surface area contributed by atoms with Crippen LogP contribution in [-0.2, 0) is 0 Å². The van der Waals surface area contributed by atoms with Crippen molar-refractivity contribution >= 4 is 17.1 Å². The molecular weight excluding hydrogens is 438 g/mol. The summed E-state index contributed by atoms with van der Waals surface area (Å²) in [5, 5.41) is 26.4. The third-order valence-corrected chi connectivity index (χ3v) is 6.06. The fourth-order valence-electron chi connectivity index (χ4n) is 4.02. The van der Waals surface area contributed by atoms with Gasteiger partial charge >= 0.3 is 0 Å². The van der Waals surface area contributed by atoms with Gasteiger partial charge in [0.1, 0.15) is 17.1 Å². The van der Waals surface area contributed by atoms with Crippen LogP contribution in [0.15, 0.2) is 53.3 Å². The van der Waals surface area contributed by atoms with Crippen LogP contribution in [0.3, 0.4) is 0 Å². The number of aliphatic hydroxyl groups excluding tert-OH is 1. The van der Waals surface area contributed by atoms with Gasteiger partial charge in [0.15, 0.2) is 0 Å². The molecule has 34 heavy (non-hydrogen) atoms. The van der Waals surface area contributed by atoms with E-state index < -0.39 is 16.6 Å². The molecule has 1 N–H and O–H groups in total. The van der Waals surface area contributed by atoms with E-state index in [0.29, 0.717) is 54.4 Å². The molecule has 178 valence electrons. The summed E-state index contributed by atoms with van der Waals surface area (Å²) < 4.78 is 6.43. The maximum atomic E-state index is 13.5. The van der Waals surface area contributed by atoms with Gasteiger partial charge in [0.2, 0.25) is 0 Å². The second-order valence-electron chi connectivity index (χ2n) is 8.20. The maximum Gasteiger partial charge on any atom is 0.295 e. The van der Waals surface area contributed by atoms with Gasteiger partial charge < -0.3 is 19.6 Å². The van der Waals surface area contributed by atoms with Crippen LogP contribution in [0.2, 0.25) is 0 Å². The molecule has 0 bridgehead atoms. The smallest absolute Gasteiger partial charge is 0.295 e. The zero-order valence-electron chi connectivity index (χ0n) is 19.3.